The Morgan fingerprint density at radius 1 is 1.44 bits per heavy atom. The van der Waals surface area contributed by atoms with Crippen LogP contribution in [-0.2, 0) is 6.54 Å². The van der Waals surface area contributed by atoms with Crippen LogP contribution in [0.5, 0.6) is 0 Å². The van der Waals surface area contributed by atoms with E-state index in [1.165, 1.54) is 5.56 Å². The van der Waals surface area contributed by atoms with Gasteiger partial charge in [-0.3, -0.25) is 9.69 Å². The van der Waals surface area contributed by atoms with E-state index < -0.39 is 0 Å². The van der Waals surface area contributed by atoms with Crippen LogP contribution in [0.4, 0.5) is 0 Å². The summed E-state index contributed by atoms with van der Waals surface area (Å²) in [5.74, 6) is -0.119. The number of hydrogen-bond acceptors (Lipinski definition) is 5. The van der Waals surface area contributed by atoms with E-state index in [1.54, 1.807) is 19.3 Å². The molecule has 3 heterocycles. The molecule has 1 fully saturated rings. The summed E-state index contributed by atoms with van der Waals surface area (Å²) in [4.78, 5) is 26.9. The average Bonchev–Trinajstić information content (AvgIpc) is 3.26. The number of fused-ring (bicyclic) bond motifs is 1. The van der Waals surface area contributed by atoms with Gasteiger partial charge in [0.25, 0.3) is 0 Å². The largest absolute Gasteiger partial charge is 0.344 e. The highest BCUT2D eigenvalue weighted by Crippen LogP contribution is 2.24. The lowest BCUT2D eigenvalue weighted by Crippen LogP contribution is -2.26. The maximum Gasteiger partial charge on any atom is 0.191 e. The number of ketones is 1. The molecule has 1 unspecified atom stereocenters. The molecule has 138 valence electrons. The molecule has 3 aromatic rings. The highest BCUT2D eigenvalue weighted by atomic mass is 16.1. The van der Waals surface area contributed by atoms with Crippen molar-refractivity contribution in [1.29, 1.82) is 0 Å². The van der Waals surface area contributed by atoms with Crippen molar-refractivity contribution < 1.29 is 4.79 Å². The van der Waals surface area contributed by atoms with Gasteiger partial charge in [0.1, 0.15) is 5.52 Å². The quantitative estimate of drug-likeness (QED) is 0.539. The minimum absolute atomic E-state index is 0.119. The molecule has 0 amide bonds. The summed E-state index contributed by atoms with van der Waals surface area (Å²) in [6, 6.07) is 8.57. The first-order valence-electron chi connectivity index (χ1n) is 9.13. The Morgan fingerprint density at radius 2 is 2.30 bits per heavy atom. The van der Waals surface area contributed by atoms with Gasteiger partial charge < -0.3 is 10.7 Å². The number of Topliss-reactive ketones (excluding diaryl/α,β-unsaturated/α-hetero) is 1. The lowest BCUT2D eigenvalue weighted by atomic mass is 10.1. The van der Waals surface area contributed by atoms with E-state index in [1.807, 2.05) is 12.1 Å². The van der Waals surface area contributed by atoms with Crippen molar-refractivity contribution >= 4 is 16.9 Å². The van der Waals surface area contributed by atoms with Crippen LogP contribution in [0.3, 0.4) is 0 Å². The molecule has 27 heavy (non-hydrogen) atoms. The van der Waals surface area contributed by atoms with Crippen LogP contribution in [0, 0.1) is 0 Å². The minimum Gasteiger partial charge on any atom is -0.344 e. The average molecular weight is 361 g/mol. The number of carbonyl (C=O) groups excluding carboxylic acids is 1. The number of hydrogen-bond donors (Lipinski definition) is 2. The maximum atomic E-state index is 12.3. The Labute approximate surface area is 158 Å². The predicted molar refractivity (Wildman–Crippen MR) is 106 cm³/mol. The third-order valence-corrected chi connectivity index (χ3v) is 4.95. The Morgan fingerprint density at radius 3 is 3.04 bits per heavy atom. The van der Waals surface area contributed by atoms with Crippen molar-refractivity contribution in [3.8, 4) is 11.3 Å². The van der Waals surface area contributed by atoms with Crippen LogP contribution in [0.15, 0.2) is 48.8 Å². The zero-order valence-electron chi connectivity index (χ0n) is 15.4. The number of likely N-dealkylation sites (tertiary alicyclic amines) is 1. The molecule has 1 saturated heterocycles. The zero-order chi connectivity index (χ0) is 19.0. The van der Waals surface area contributed by atoms with E-state index in [9.17, 15) is 4.79 Å². The second-order valence-corrected chi connectivity index (χ2v) is 7.25. The number of nitrogens with two attached hydrogens (primary N) is 1. The van der Waals surface area contributed by atoms with Gasteiger partial charge in [0.15, 0.2) is 11.4 Å². The molecule has 2 aromatic heterocycles. The first kappa shape index (κ1) is 17.6. The predicted octanol–water partition coefficient (Wildman–Crippen LogP) is 2.92. The number of H-pyrrole nitrogens is 1. The Bertz CT molecular complexity index is 1020. The molecule has 1 aliphatic rings. The van der Waals surface area contributed by atoms with Gasteiger partial charge in [0, 0.05) is 37.4 Å². The van der Waals surface area contributed by atoms with E-state index in [0.717, 1.165) is 37.3 Å². The van der Waals surface area contributed by atoms with E-state index in [-0.39, 0.29) is 11.8 Å². The van der Waals surface area contributed by atoms with Crippen molar-refractivity contribution in [2.75, 3.05) is 13.1 Å². The molecule has 0 saturated carbocycles. The van der Waals surface area contributed by atoms with E-state index in [2.05, 4.69) is 33.6 Å². The van der Waals surface area contributed by atoms with E-state index in [4.69, 9.17) is 10.7 Å². The first-order chi connectivity index (χ1) is 13.0. The number of rotatable bonds is 5. The van der Waals surface area contributed by atoms with Crippen molar-refractivity contribution in [3.05, 3.63) is 59.9 Å². The third kappa shape index (κ3) is 3.54. The van der Waals surface area contributed by atoms with Gasteiger partial charge in [-0.2, -0.15) is 0 Å². The van der Waals surface area contributed by atoms with Gasteiger partial charge in [-0.25, -0.2) is 9.97 Å². The van der Waals surface area contributed by atoms with E-state index >= 15 is 0 Å². The summed E-state index contributed by atoms with van der Waals surface area (Å²) in [7, 11) is 0. The van der Waals surface area contributed by atoms with Crippen LogP contribution in [0.2, 0.25) is 0 Å². The van der Waals surface area contributed by atoms with Gasteiger partial charge in [-0.1, -0.05) is 24.8 Å². The van der Waals surface area contributed by atoms with Crippen LogP contribution in [0.25, 0.3) is 22.4 Å². The fourth-order valence-electron chi connectivity index (χ4n) is 3.53. The monoisotopic (exact) mass is 361 g/mol. The highest BCUT2D eigenvalue weighted by molar-refractivity contribution is 6.14. The summed E-state index contributed by atoms with van der Waals surface area (Å²) < 4.78 is 0. The number of nitrogens with zero attached hydrogens (tertiary/aromatic N) is 3. The zero-order valence-corrected chi connectivity index (χ0v) is 15.4. The lowest BCUT2D eigenvalue weighted by Gasteiger charge is -2.15. The summed E-state index contributed by atoms with van der Waals surface area (Å²) in [5.41, 5.74) is 11.1. The number of aromatic amines is 1. The summed E-state index contributed by atoms with van der Waals surface area (Å²) in [5, 5.41) is 0. The van der Waals surface area contributed by atoms with Crippen molar-refractivity contribution in [2.24, 2.45) is 5.73 Å². The van der Waals surface area contributed by atoms with Crippen LogP contribution in [0.1, 0.15) is 29.3 Å². The van der Waals surface area contributed by atoms with Gasteiger partial charge >= 0.3 is 0 Å². The Hall–Kier alpha value is -2.83. The van der Waals surface area contributed by atoms with Crippen LogP contribution >= 0.6 is 0 Å². The fraction of sp³-hybridized carbons (Fsp3) is 0.286. The van der Waals surface area contributed by atoms with Crippen molar-refractivity contribution in [3.63, 3.8) is 0 Å². The summed E-state index contributed by atoms with van der Waals surface area (Å²) >= 11 is 0. The lowest BCUT2D eigenvalue weighted by molar-refractivity contribution is 0.103. The summed E-state index contributed by atoms with van der Waals surface area (Å²) in [6.07, 6.45) is 4.44. The second kappa shape index (κ2) is 7.06. The van der Waals surface area contributed by atoms with Gasteiger partial charge in [0.2, 0.25) is 0 Å². The topological polar surface area (TPSA) is 87.9 Å². The molecule has 4 rings (SSSR count). The van der Waals surface area contributed by atoms with Gasteiger partial charge in [-0.05, 0) is 30.5 Å². The molecule has 6 heteroatoms. The molecule has 0 spiro atoms. The Balaban J connectivity index is 1.66. The molecule has 0 bridgehead atoms. The second-order valence-electron chi connectivity index (χ2n) is 7.25. The standard InChI is InChI=1S/C21H23N5O/c1-13(2)20(27)17-9-23-21-19(17)25-18(10-24-21)15-5-3-4-14(8-15)11-26-7-6-16(22)12-26/h3-5,8-10,16H,1,6-7,11-12,22H2,2H3,(H,23,24). The van der Waals surface area contributed by atoms with Gasteiger partial charge in [-0.15, -0.1) is 0 Å². The molecule has 0 aliphatic carbocycles. The fourth-order valence-corrected chi connectivity index (χ4v) is 3.53. The number of aromatic nitrogens is 3. The molecule has 3 N–H and O–H groups in total. The number of nitrogens with one attached hydrogen (secondary N) is 1. The number of allylic oxidation sites excluding steroid dienone is 1. The van der Waals surface area contributed by atoms with Crippen molar-refractivity contribution in [1.82, 2.24) is 19.9 Å². The molecule has 0 radical (unpaired) electrons. The van der Waals surface area contributed by atoms with E-state index in [0.29, 0.717) is 22.3 Å². The van der Waals surface area contributed by atoms with Crippen LogP contribution < -0.4 is 5.73 Å². The number of carbonyl (C=O) groups is 1. The molecular weight excluding hydrogens is 338 g/mol. The molecule has 1 aromatic carbocycles. The number of benzene rings is 1. The van der Waals surface area contributed by atoms with Crippen molar-refractivity contribution in [2.45, 2.75) is 25.9 Å². The SMILES string of the molecule is C=C(C)C(=O)c1c[nH]c2ncc(-c3cccc(CN4CCC(N)C4)c3)nc12. The smallest absolute Gasteiger partial charge is 0.191 e. The summed E-state index contributed by atoms with van der Waals surface area (Å²) in [6.45, 7) is 8.29. The first-order valence-corrected chi connectivity index (χ1v) is 9.13. The van der Waals surface area contributed by atoms with Gasteiger partial charge in [0.05, 0.1) is 17.5 Å². The van der Waals surface area contributed by atoms with Crippen LogP contribution in [-0.4, -0.2) is 44.8 Å². The minimum atomic E-state index is -0.119. The third-order valence-electron chi connectivity index (χ3n) is 4.95. The molecule has 1 atom stereocenters. The molecule has 6 nitrogen and oxygen atoms in total. The molecule has 1 aliphatic heterocycles. The molecular formula is C21H23N5O. The Kier molecular flexibility index (Phi) is 4.59. The maximum absolute atomic E-state index is 12.3. The highest BCUT2D eigenvalue weighted by Gasteiger charge is 2.19. The normalized spacial score (nSPS) is 17.5.